The van der Waals surface area contributed by atoms with Gasteiger partial charge < -0.3 is 19.5 Å². The van der Waals surface area contributed by atoms with E-state index in [1.807, 2.05) is 36.4 Å². The van der Waals surface area contributed by atoms with Gasteiger partial charge in [-0.05, 0) is 17.7 Å². The van der Waals surface area contributed by atoms with Gasteiger partial charge in [0.25, 0.3) is 0 Å². The Hall–Kier alpha value is -2.20. The Labute approximate surface area is 118 Å². The molecule has 2 aromatic rings. The molecule has 0 aromatic heterocycles. The van der Waals surface area contributed by atoms with E-state index in [1.54, 1.807) is 0 Å². The van der Waals surface area contributed by atoms with Crippen molar-refractivity contribution in [1.82, 2.24) is 0 Å². The molecule has 3 rings (SSSR count). The number of anilines is 1. The number of ether oxygens (including phenoxy) is 2. The van der Waals surface area contributed by atoms with Gasteiger partial charge in [-0.15, -0.1) is 0 Å². The SMILES string of the molecule is OCCN(Cc1ccccc1)c1ccc2c(c1)OCO2. The van der Waals surface area contributed by atoms with Gasteiger partial charge in [-0.25, -0.2) is 0 Å². The average Bonchev–Trinajstić information content (AvgIpc) is 2.95. The highest BCUT2D eigenvalue weighted by molar-refractivity contribution is 5.57. The first-order chi connectivity index (χ1) is 9.86. The van der Waals surface area contributed by atoms with Crippen LogP contribution in [0.25, 0.3) is 0 Å². The highest BCUT2D eigenvalue weighted by Crippen LogP contribution is 2.35. The first-order valence-electron chi connectivity index (χ1n) is 6.66. The third-order valence-corrected chi connectivity index (χ3v) is 3.31. The lowest BCUT2D eigenvalue weighted by atomic mass is 10.2. The van der Waals surface area contributed by atoms with E-state index in [-0.39, 0.29) is 13.4 Å². The van der Waals surface area contributed by atoms with E-state index >= 15 is 0 Å². The molecule has 0 radical (unpaired) electrons. The van der Waals surface area contributed by atoms with Crippen molar-refractivity contribution in [3.8, 4) is 11.5 Å². The van der Waals surface area contributed by atoms with Crippen LogP contribution in [0, 0.1) is 0 Å². The molecule has 1 aliphatic heterocycles. The van der Waals surface area contributed by atoms with Crippen molar-refractivity contribution in [2.75, 3.05) is 24.8 Å². The predicted octanol–water partition coefficient (Wildman–Crippen LogP) is 2.41. The molecule has 104 valence electrons. The second-order valence-electron chi connectivity index (χ2n) is 4.67. The van der Waals surface area contributed by atoms with Crippen LogP contribution in [0.4, 0.5) is 5.69 Å². The number of aliphatic hydroxyl groups excluding tert-OH is 1. The summed E-state index contributed by atoms with van der Waals surface area (Å²) in [6.45, 7) is 1.72. The molecular weight excluding hydrogens is 254 g/mol. The standard InChI is InChI=1S/C16H17NO3/c18-9-8-17(11-13-4-2-1-3-5-13)14-6-7-15-16(10-14)20-12-19-15/h1-7,10,18H,8-9,11-12H2. The van der Waals surface area contributed by atoms with Crippen LogP contribution >= 0.6 is 0 Å². The minimum absolute atomic E-state index is 0.112. The first kappa shape index (κ1) is 12.8. The van der Waals surface area contributed by atoms with Crippen molar-refractivity contribution < 1.29 is 14.6 Å². The van der Waals surface area contributed by atoms with Gasteiger partial charge in [0.2, 0.25) is 6.79 Å². The quantitative estimate of drug-likeness (QED) is 0.907. The molecule has 0 atom stereocenters. The topological polar surface area (TPSA) is 41.9 Å². The monoisotopic (exact) mass is 271 g/mol. The molecule has 4 nitrogen and oxygen atoms in total. The fourth-order valence-electron chi connectivity index (χ4n) is 2.31. The Balaban J connectivity index is 1.83. The summed E-state index contributed by atoms with van der Waals surface area (Å²) in [6.07, 6.45) is 0. The Morgan fingerprint density at radius 2 is 1.80 bits per heavy atom. The van der Waals surface area contributed by atoms with Crippen LogP contribution in [-0.4, -0.2) is 25.1 Å². The van der Waals surface area contributed by atoms with Gasteiger partial charge in [-0.1, -0.05) is 30.3 Å². The van der Waals surface area contributed by atoms with Crippen LogP contribution in [0.2, 0.25) is 0 Å². The van der Waals surface area contributed by atoms with Crippen LogP contribution in [0.3, 0.4) is 0 Å². The van der Waals surface area contributed by atoms with Crippen molar-refractivity contribution in [2.45, 2.75) is 6.54 Å². The van der Waals surface area contributed by atoms with Crippen molar-refractivity contribution in [3.05, 3.63) is 54.1 Å². The van der Waals surface area contributed by atoms with Crippen molar-refractivity contribution in [1.29, 1.82) is 0 Å². The van der Waals surface area contributed by atoms with Gasteiger partial charge in [0.1, 0.15) is 0 Å². The number of nitrogens with zero attached hydrogens (tertiary/aromatic N) is 1. The summed E-state index contributed by atoms with van der Waals surface area (Å²) in [5.41, 5.74) is 2.23. The molecule has 0 amide bonds. The molecular formula is C16H17NO3. The summed E-state index contributed by atoms with van der Waals surface area (Å²) in [6, 6.07) is 16.1. The molecule has 0 unspecified atom stereocenters. The van der Waals surface area contributed by atoms with Crippen molar-refractivity contribution in [2.24, 2.45) is 0 Å². The van der Waals surface area contributed by atoms with E-state index in [0.29, 0.717) is 6.54 Å². The molecule has 0 saturated heterocycles. The van der Waals surface area contributed by atoms with Gasteiger partial charge in [0.15, 0.2) is 11.5 Å². The minimum Gasteiger partial charge on any atom is -0.454 e. The van der Waals surface area contributed by atoms with Crippen molar-refractivity contribution >= 4 is 5.69 Å². The van der Waals surface area contributed by atoms with E-state index in [0.717, 1.165) is 23.7 Å². The first-order valence-corrected chi connectivity index (χ1v) is 6.66. The highest BCUT2D eigenvalue weighted by Gasteiger charge is 2.16. The Morgan fingerprint density at radius 1 is 1.00 bits per heavy atom. The van der Waals surface area contributed by atoms with Crippen molar-refractivity contribution in [3.63, 3.8) is 0 Å². The maximum absolute atomic E-state index is 9.27. The summed E-state index contributed by atoms with van der Waals surface area (Å²) in [5, 5.41) is 9.27. The molecule has 1 aliphatic rings. The third kappa shape index (κ3) is 2.70. The minimum atomic E-state index is 0.112. The molecule has 0 aliphatic carbocycles. The fourth-order valence-corrected chi connectivity index (χ4v) is 2.31. The Morgan fingerprint density at radius 3 is 2.60 bits per heavy atom. The van der Waals surface area contributed by atoms with E-state index in [2.05, 4.69) is 17.0 Å². The molecule has 20 heavy (non-hydrogen) atoms. The Kier molecular flexibility index (Phi) is 3.74. The van der Waals surface area contributed by atoms with Crippen LogP contribution in [0.5, 0.6) is 11.5 Å². The molecule has 0 bridgehead atoms. The summed E-state index contributed by atoms with van der Waals surface area (Å²) in [5.74, 6) is 1.54. The Bertz CT molecular complexity index is 571. The smallest absolute Gasteiger partial charge is 0.231 e. The molecule has 1 heterocycles. The van der Waals surface area contributed by atoms with Gasteiger partial charge in [0.05, 0.1) is 6.61 Å². The number of hydrogen-bond donors (Lipinski definition) is 1. The maximum atomic E-state index is 9.27. The van der Waals surface area contributed by atoms with E-state index in [9.17, 15) is 5.11 Å². The van der Waals surface area contributed by atoms with Gasteiger partial charge in [-0.2, -0.15) is 0 Å². The molecule has 0 fully saturated rings. The number of aliphatic hydroxyl groups is 1. The molecule has 1 N–H and O–H groups in total. The summed E-state index contributed by atoms with van der Waals surface area (Å²) in [4.78, 5) is 2.12. The molecule has 0 saturated carbocycles. The number of rotatable bonds is 5. The molecule has 2 aromatic carbocycles. The highest BCUT2D eigenvalue weighted by atomic mass is 16.7. The summed E-state index contributed by atoms with van der Waals surface area (Å²) in [7, 11) is 0. The molecule has 4 heteroatoms. The van der Waals surface area contributed by atoms with Crippen LogP contribution < -0.4 is 14.4 Å². The lowest BCUT2D eigenvalue weighted by Gasteiger charge is -2.24. The van der Waals surface area contributed by atoms with Crippen LogP contribution in [0.1, 0.15) is 5.56 Å². The molecule has 0 spiro atoms. The summed E-state index contributed by atoms with van der Waals surface area (Å²) >= 11 is 0. The zero-order chi connectivity index (χ0) is 13.8. The average molecular weight is 271 g/mol. The number of benzene rings is 2. The normalized spacial score (nSPS) is 12.4. The predicted molar refractivity (Wildman–Crippen MR) is 77.1 cm³/mol. The van der Waals surface area contributed by atoms with E-state index in [1.165, 1.54) is 5.56 Å². The van der Waals surface area contributed by atoms with E-state index in [4.69, 9.17) is 9.47 Å². The zero-order valence-corrected chi connectivity index (χ0v) is 11.2. The summed E-state index contributed by atoms with van der Waals surface area (Å²) < 4.78 is 10.7. The van der Waals surface area contributed by atoms with Gasteiger partial charge >= 0.3 is 0 Å². The zero-order valence-electron chi connectivity index (χ0n) is 11.2. The lowest BCUT2D eigenvalue weighted by molar-refractivity contribution is 0.174. The fraction of sp³-hybridized carbons (Fsp3) is 0.250. The van der Waals surface area contributed by atoms with Crippen LogP contribution in [0.15, 0.2) is 48.5 Å². The largest absolute Gasteiger partial charge is 0.454 e. The number of fused-ring (bicyclic) bond motifs is 1. The maximum Gasteiger partial charge on any atom is 0.231 e. The second-order valence-corrected chi connectivity index (χ2v) is 4.67. The van der Waals surface area contributed by atoms with Crippen LogP contribution in [-0.2, 0) is 6.54 Å². The second kappa shape index (κ2) is 5.84. The van der Waals surface area contributed by atoms with E-state index < -0.39 is 0 Å². The number of hydrogen-bond acceptors (Lipinski definition) is 4. The third-order valence-electron chi connectivity index (χ3n) is 3.31. The van der Waals surface area contributed by atoms with Gasteiger partial charge in [0, 0.05) is 24.8 Å². The lowest BCUT2D eigenvalue weighted by Crippen LogP contribution is -2.25. The van der Waals surface area contributed by atoms with Gasteiger partial charge in [-0.3, -0.25) is 0 Å².